The number of halogens is 2. The van der Waals surface area contributed by atoms with E-state index in [4.69, 9.17) is 11.6 Å². The summed E-state index contributed by atoms with van der Waals surface area (Å²) in [5.41, 5.74) is 0.953. The zero-order valence-corrected chi connectivity index (χ0v) is 10.8. The molecule has 0 atom stereocenters. The van der Waals surface area contributed by atoms with Crippen LogP contribution >= 0.6 is 27.5 Å². The lowest BCUT2D eigenvalue weighted by molar-refractivity contribution is -0.130. The van der Waals surface area contributed by atoms with E-state index in [1.807, 2.05) is 12.1 Å². The molecule has 0 bridgehead atoms. The van der Waals surface area contributed by atoms with Crippen LogP contribution < -0.4 is 0 Å². The highest BCUT2D eigenvalue weighted by molar-refractivity contribution is 9.10. The number of Topliss-reactive ketones (excluding diaryl/α,β-unsaturated/α-hetero) is 2. The van der Waals surface area contributed by atoms with Gasteiger partial charge < -0.3 is 0 Å². The van der Waals surface area contributed by atoms with Crippen molar-refractivity contribution in [2.75, 3.05) is 0 Å². The maximum atomic E-state index is 11.4. The van der Waals surface area contributed by atoms with Crippen LogP contribution in [0.15, 0.2) is 22.7 Å². The van der Waals surface area contributed by atoms with Gasteiger partial charge >= 0.3 is 0 Å². The van der Waals surface area contributed by atoms with Gasteiger partial charge in [-0.1, -0.05) is 27.5 Å². The molecule has 0 spiro atoms. The minimum Gasteiger partial charge on any atom is -0.299 e. The molecular weight excluding hydrogens is 291 g/mol. The van der Waals surface area contributed by atoms with Gasteiger partial charge in [-0.15, -0.1) is 0 Å². The Bertz CT molecular complexity index is 440. The standard InChI is InChI=1S/C12H10BrClO2/c13-12-2-1-8(14)5-11(12)7-3-9(15)6-10(16)4-7/h1-2,5,7H,3-4,6H2. The van der Waals surface area contributed by atoms with E-state index < -0.39 is 0 Å². The first-order valence-corrected chi connectivity index (χ1v) is 6.21. The highest BCUT2D eigenvalue weighted by atomic mass is 79.9. The van der Waals surface area contributed by atoms with E-state index in [-0.39, 0.29) is 23.9 Å². The van der Waals surface area contributed by atoms with Crippen molar-refractivity contribution in [3.05, 3.63) is 33.3 Å². The first kappa shape index (κ1) is 11.8. The molecule has 0 unspecified atom stereocenters. The van der Waals surface area contributed by atoms with E-state index in [9.17, 15) is 9.59 Å². The van der Waals surface area contributed by atoms with Crippen LogP contribution in [0.2, 0.25) is 5.02 Å². The van der Waals surface area contributed by atoms with Crippen LogP contribution in [0.5, 0.6) is 0 Å². The third-order valence-corrected chi connectivity index (χ3v) is 3.70. The third-order valence-electron chi connectivity index (χ3n) is 2.74. The summed E-state index contributed by atoms with van der Waals surface area (Å²) in [6.07, 6.45) is 0.962. The van der Waals surface area contributed by atoms with Crippen LogP contribution in [-0.2, 0) is 9.59 Å². The fourth-order valence-electron chi connectivity index (χ4n) is 2.03. The van der Waals surface area contributed by atoms with E-state index in [0.29, 0.717) is 17.9 Å². The molecule has 84 valence electrons. The quantitative estimate of drug-likeness (QED) is 0.744. The number of carbonyl (C=O) groups excluding carboxylic acids is 2. The summed E-state index contributed by atoms with van der Waals surface area (Å²) in [6.45, 7) is 0. The molecule has 1 aliphatic rings. The highest BCUT2D eigenvalue weighted by Crippen LogP contribution is 2.35. The summed E-state index contributed by atoms with van der Waals surface area (Å²) in [6, 6.07) is 5.45. The van der Waals surface area contributed by atoms with Crippen molar-refractivity contribution < 1.29 is 9.59 Å². The summed E-state index contributed by atoms with van der Waals surface area (Å²) in [5, 5.41) is 0.628. The zero-order chi connectivity index (χ0) is 11.7. The zero-order valence-electron chi connectivity index (χ0n) is 8.50. The monoisotopic (exact) mass is 300 g/mol. The number of hydrogen-bond donors (Lipinski definition) is 0. The predicted octanol–water partition coefficient (Wildman–Crippen LogP) is 3.51. The second-order valence-electron chi connectivity index (χ2n) is 4.03. The maximum absolute atomic E-state index is 11.4. The molecule has 1 aliphatic carbocycles. The van der Waals surface area contributed by atoms with Crippen molar-refractivity contribution >= 4 is 39.1 Å². The Morgan fingerprint density at radius 3 is 2.44 bits per heavy atom. The average Bonchev–Trinajstić information content (AvgIpc) is 2.20. The van der Waals surface area contributed by atoms with Gasteiger partial charge in [0.25, 0.3) is 0 Å². The van der Waals surface area contributed by atoms with Gasteiger partial charge in [-0.25, -0.2) is 0 Å². The Balaban J connectivity index is 2.32. The SMILES string of the molecule is O=C1CC(=O)CC(c2cc(Cl)ccc2Br)C1. The molecule has 2 nitrogen and oxygen atoms in total. The Labute approximate surface area is 107 Å². The topological polar surface area (TPSA) is 34.1 Å². The fraction of sp³-hybridized carbons (Fsp3) is 0.333. The molecule has 1 aromatic carbocycles. The predicted molar refractivity (Wildman–Crippen MR) is 65.8 cm³/mol. The van der Waals surface area contributed by atoms with Gasteiger partial charge in [-0.2, -0.15) is 0 Å². The largest absolute Gasteiger partial charge is 0.299 e. The second-order valence-corrected chi connectivity index (χ2v) is 5.32. The van der Waals surface area contributed by atoms with Crippen LogP contribution in [0.4, 0.5) is 0 Å². The minimum atomic E-state index is -0.0261. The third kappa shape index (κ3) is 2.53. The Kier molecular flexibility index (Phi) is 3.45. The Hall–Kier alpha value is -0.670. The van der Waals surface area contributed by atoms with Gasteiger partial charge in [-0.3, -0.25) is 9.59 Å². The van der Waals surface area contributed by atoms with Gasteiger partial charge in [-0.05, 0) is 29.7 Å². The molecule has 0 radical (unpaired) electrons. The van der Waals surface area contributed by atoms with E-state index in [0.717, 1.165) is 10.0 Å². The molecule has 1 fully saturated rings. The van der Waals surface area contributed by atoms with Crippen LogP contribution in [-0.4, -0.2) is 11.6 Å². The molecule has 16 heavy (non-hydrogen) atoms. The lowest BCUT2D eigenvalue weighted by Gasteiger charge is -2.21. The fourth-order valence-corrected chi connectivity index (χ4v) is 2.78. The number of benzene rings is 1. The molecule has 0 saturated heterocycles. The molecule has 1 aromatic rings. The molecule has 0 aromatic heterocycles. The Morgan fingerprint density at radius 2 is 1.81 bits per heavy atom. The van der Waals surface area contributed by atoms with Gasteiger partial charge in [0.05, 0.1) is 6.42 Å². The number of rotatable bonds is 1. The van der Waals surface area contributed by atoms with Crippen LogP contribution in [0.3, 0.4) is 0 Å². The molecule has 0 aliphatic heterocycles. The average molecular weight is 302 g/mol. The summed E-state index contributed by atoms with van der Waals surface area (Å²) in [7, 11) is 0. The van der Waals surface area contributed by atoms with E-state index >= 15 is 0 Å². The summed E-state index contributed by atoms with van der Waals surface area (Å²) < 4.78 is 0.907. The lowest BCUT2D eigenvalue weighted by atomic mass is 9.83. The van der Waals surface area contributed by atoms with Crippen LogP contribution in [0.25, 0.3) is 0 Å². The van der Waals surface area contributed by atoms with E-state index in [2.05, 4.69) is 15.9 Å². The molecular formula is C12H10BrClO2. The van der Waals surface area contributed by atoms with Crippen molar-refractivity contribution in [1.29, 1.82) is 0 Å². The first-order chi connectivity index (χ1) is 7.56. The summed E-state index contributed by atoms with van der Waals surface area (Å²) >= 11 is 9.34. The van der Waals surface area contributed by atoms with Crippen molar-refractivity contribution in [2.45, 2.75) is 25.2 Å². The summed E-state index contributed by atoms with van der Waals surface area (Å²) in [5.74, 6) is 0.0167. The number of carbonyl (C=O) groups is 2. The van der Waals surface area contributed by atoms with Crippen molar-refractivity contribution in [2.24, 2.45) is 0 Å². The molecule has 1 saturated carbocycles. The molecule has 4 heteroatoms. The molecule has 0 N–H and O–H groups in total. The van der Waals surface area contributed by atoms with Crippen molar-refractivity contribution in [1.82, 2.24) is 0 Å². The number of ketones is 2. The first-order valence-electron chi connectivity index (χ1n) is 5.04. The van der Waals surface area contributed by atoms with Crippen LogP contribution in [0.1, 0.15) is 30.7 Å². The van der Waals surface area contributed by atoms with E-state index in [1.54, 1.807) is 6.07 Å². The Morgan fingerprint density at radius 1 is 1.19 bits per heavy atom. The van der Waals surface area contributed by atoms with Crippen LogP contribution in [0, 0.1) is 0 Å². The number of hydrogen-bond acceptors (Lipinski definition) is 2. The smallest absolute Gasteiger partial charge is 0.140 e. The van der Waals surface area contributed by atoms with Gasteiger partial charge in [0, 0.05) is 22.3 Å². The van der Waals surface area contributed by atoms with Gasteiger partial charge in [0.1, 0.15) is 11.6 Å². The summed E-state index contributed by atoms with van der Waals surface area (Å²) in [4.78, 5) is 22.8. The van der Waals surface area contributed by atoms with E-state index in [1.165, 1.54) is 0 Å². The van der Waals surface area contributed by atoms with Gasteiger partial charge in [0.2, 0.25) is 0 Å². The van der Waals surface area contributed by atoms with Crippen molar-refractivity contribution in [3.63, 3.8) is 0 Å². The lowest BCUT2D eigenvalue weighted by Crippen LogP contribution is -2.21. The highest BCUT2D eigenvalue weighted by Gasteiger charge is 2.27. The normalized spacial score (nSPS) is 17.9. The second kappa shape index (κ2) is 4.68. The van der Waals surface area contributed by atoms with Crippen molar-refractivity contribution in [3.8, 4) is 0 Å². The van der Waals surface area contributed by atoms with Gasteiger partial charge in [0.15, 0.2) is 0 Å². The molecule has 0 amide bonds. The maximum Gasteiger partial charge on any atom is 0.140 e. The minimum absolute atomic E-state index is 0.0214. The molecule has 0 heterocycles. The molecule has 2 rings (SSSR count).